The Hall–Kier alpha value is -1.19. The van der Waals surface area contributed by atoms with E-state index < -0.39 is 0 Å². The molecule has 0 N–H and O–H groups in total. The van der Waals surface area contributed by atoms with Gasteiger partial charge in [0, 0.05) is 7.05 Å². The van der Waals surface area contributed by atoms with Crippen molar-refractivity contribution in [2.75, 3.05) is 0 Å². The van der Waals surface area contributed by atoms with E-state index in [1.165, 1.54) is 11.0 Å². The highest BCUT2D eigenvalue weighted by atomic mass is 16.1. The molecule has 54 valence electrons. The van der Waals surface area contributed by atoms with Crippen molar-refractivity contribution in [3.05, 3.63) is 22.4 Å². The van der Waals surface area contributed by atoms with Gasteiger partial charge < -0.3 is 0 Å². The minimum Gasteiger partial charge on any atom is -0.265 e. The van der Waals surface area contributed by atoms with Crippen LogP contribution in [0.25, 0.3) is 0 Å². The Balaban J connectivity index is 3.22. The maximum absolute atomic E-state index is 10.8. The summed E-state index contributed by atoms with van der Waals surface area (Å²) in [5.74, 6) is 0. The Morgan fingerprint density at radius 3 is 2.90 bits per heavy atom. The first kappa shape index (κ1) is 6.92. The van der Waals surface area contributed by atoms with E-state index in [0.29, 0.717) is 12.1 Å². The van der Waals surface area contributed by atoms with Gasteiger partial charge >= 0.3 is 0 Å². The summed E-state index contributed by atoms with van der Waals surface area (Å²) in [7, 11) is 1.74. The Morgan fingerprint density at radius 1 is 1.70 bits per heavy atom. The van der Waals surface area contributed by atoms with Crippen LogP contribution < -0.4 is 5.56 Å². The predicted octanol–water partition coefficient (Wildman–Crippen LogP) is -0.262. The van der Waals surface area contributed by atoms with Gasteiger partial charge in [-0.25, -0.2) is 0 Å². The largest absolute Gasteiger partial charge is 0.294 e. The summed E-state index contributed by atoms with van der Waals surface area (Å²) in [6.45, 7) is 1.88. The van der Waals surface area contributed by atoms with Gasteiger partial charge in [-0.1, -0.05) is 6.92 Å². The summed E-state index contributed by atoms with van der Waals surface area (Å²) in [4.78, 5) is 14.4. The average Bonchev–Trinajstić information content (AvgIpc) is 1.94. The van der Waals surface area contributed by atoms with E-state index in [1.807, 2.05) is 6.92 Å². The van der Waals surface area contributed by atoms with Crippen LogP contribution in [0.2, 0.25) is 0 Å². The Kier molecular flexibility index (Phi) is 1.80. The molecule has 0 unspecified atom stereocenters. The number of aryl methyl sites for hydroxylation is 2. The molecule has 1 aromatic rings. The SMILES string of the molecule is CCc1nn(C)cnc1=O. The van der Waals surface area contributed by atoms with Crippen molar-refractivity contribution in [2.45, 2.75) is 13.3 Å². The highest BCUT2D eigenvalue weighted by Crippen LogP contribution is 1.81. The van der Waals surface area contributed by atoms with Crippen molar-refractivity contribution >= 4 is 0 Å². The predicted molar refractivity (Wildman–Crippen MR) is 36.7 cm³/mol. The second-order valence-corrected chi connectivity index (χ2v) is 2.02. The van der Waals surface area contributed by atoms with Gasteiger partial charge in [0.2, 0.25) is 0 Å². The molecule has 0 aliphatic heterocycles. The molecule has 0 atom stereocenters. The van der Waals surface area contributed by atoms with Crippen LogP contribution in [0, 0.1) is 0 Å². The molecular weight excluding hydrogens is 130 g/mol. The van der Waals surface area contributed by atoms with Crippen molar-refractivity contribution < 1.29 is 0 Å². The molecule has 0 saturated carbocycles. The second-order valence-electron chi connectivity index (χ2n) is 2.02. The second kappa shape index (κ2) is 2.60. The molecule has 0 saturated heterocycles. The first-order valence-corrected chi connectivity index (χ1v) is 3.13. The third-order valence-electron chi connectivity index (χ3n) is 1.20. The van der Waals surface area contributed by atoms with Crippen molar-refractivity contribution in [1.82, 2.24) is 14.8 Å². The molecule has 1 rings (SSSR count). The van der Waals surface area contributed by atoms with Crippen molar-refractivity contribution in [3.8, 4) is 0 Å². The Morgan fingerprint density at radius 2 is 2.40 bits per heavy atom. The van der Waals surface area contributed by atoms with Crippen LogP contribution in [0.5, 0.6) is 0 Å². The lowest BCUT2D eigenvalue weighted by atomic mass is 10.4. The lowest BCUT2D eigenvalue weighted by molar-refractivity contribution is 0.672. The smallest absolute Gasteiger partial charge is 0.265 e. The molecule has 0 amide bonds. The van der Waals surface area contributed by atoms with Crippen LogP contribution in [0.4, 0.5) is 0 Å². The van der Waals surface area contributed by atoms with Crippen LogP contribution in [0.3, 0.4) is 0 Å². The molecule has 10 heavy (non-hydrogen) atoms. The summed E-state index contributed by atoms with van der Waals surface area (Å²) in [6, 6.07) is 0. The summed E-state index contributed by atoms with van der Waals surface area (Å²) in [5.41, 5.74) is 0.297. The average molecular weight is 139 g/mol. The van der Waals surface area contributed by atoms with E-state index in [1.54, 1.807) is 7.05 Å². The Labute approximate surface area is 58.5 Å². The van der Waals surface area contributed by atoms with E-state index in [-0.39, 0.29) is 5.56 Å². The molecule has 0 aliphatic rings. The van der Waals surface area contributed by atoms with Crippen molar-refractivity contribution in [3.63, 3.8) is 0 Å². The molecular formula is C6H9N3O. The topological polar surface area (TPSA) is 47.8 Å². The normalized spacial score (nSPS) is 9.80. The third kappa shape index (κ3) is 1.21. The zero-order valence-electron chi connectivity index (χ0n) is 6.03. The van der Waals surface area contributed by atoms with E-state index in [2.05, 4.69) is 10.1 Å². The summed E-state index contributed by atoms with van der Waals surface area (Å²) >= 11 is 0. The van der Waals surface area contributed by atoms with Gasteiger partial charge in [-0.15, -0.1) is 0 Å². The summed E-state index contributed by atoms with van der Waals surface area (Å²) < 4.78 is 1.53. The van der Waals surface area contributed by atoms with Gasteiger partial charge in [0.05, 0.1) is 0 Å². The number of rotatable bonds is 1. The maximum atomic E-state index is 10.8. The fourth-order valence-electron chi connectivity index (χ4n) is 0.691. The summed E-state index contributed by atoms with van der Waals surface area (Å²) in [5, 5.41) is 3.93. The molecule has 4 nitrogen and oxygen atoms in total. The van der Waals surface area contributed by atoms with Gasteiger partial charge in [0.25, 0.3) is 5.56 Å². The first-order chi connectivity index (χ1) is 4.74. The minimum atomic E-state index is -0.222. The molecule has 0 aromatic carbocycles. The van der Waals surface area contributed by atoms with Gasteiger partial charge in [0.1, 0.15) is 12.0 Å². The van der Waals surface area contributed by atoms with E-state index in [0.717, 1.165) is 0 Å². The Bertz CT molecular complexity index is 279. The zero-order valence-corrected chi connectivity index (χ0v) is 6.03. The number of hydrogen-bond donors (Lipinski definition) is 0. The quantitative estimate of drug-likeness (QED) is 0.538. The lowest BCUT2D eigenvalue weighted by Crippen LogP contribution is -2.18. The number of hydrogen-bond acceptors (Lipinski definition) is 3. The maximum Gasteiger partial charge on any atom is 0.294 e. The monoisotopic (exact) mass is 139 g/mol. The molecule has 0 bridgehead atoms. The molecule has 0 fully saturated rings. The van der Waals surface area contributed by atoms with Crippen LogP contribution in [-0.2, 0) is 13.5 Å². The molecule has 1 aromatic heterocycles. The highest BCUT2D eigenvalue weighted by Gasteiger charge is 1.96. The molecule has 1 heterocycles. The fraction of sp³-hybridized carbons (Fsp3) is 0.500. The van der Waals surface area contributed by atoms with E-state index >= 15 is 0 Å². The minimum absolute atomic E-state index is 0.222. The van der Waals surface area contributed by atoms with Gasteiger partial charge in [-0.05, 0) is 6.42 Å². The highest BCUT2D eigenvalue weighted by molar-refractivity contribution is 4.90. The molecule has 0 spiro atoms. The molecule has 0 radical (unpaired) electrons. The first-order valence-electron chi connectivity index (χ1n) is 3.13. The van der Waals surface area contributed by atoms with Crippen LogP contribution >= 0.6 is 0 Å². The van der Waals surface area contributed by atoms with Gasteiger partial charge in [-0.3, -0.25) is 9.48 Å². The molecule has 4 heteroatoms. The van der Waals surface area contributed by atoms with Crippen molar-refractivity contribution in [2.24, 2.45) is 7.05 Å². The summed E-state index contributed by atoms with van der Waals surface area (Å²) in [6.07, 6.45) is 2.04. The number of nitrogens with zero attached hydrogens (tertiary/aromatic N) is 3. The lowest BCUT2D eigenvalue weighted by Gasteiger charge is -1.95. The van der Waals surface area contributed by atoms with Crippen molar-refractivity contribution in [1.29, 1.82) is 0 Å². The molecule has 0 aliphatic carbocycles. The van der Waals surface area contributed by atoms with Crippen LogP contribution in [-0.4, -0.2) is 14.8 Å². The van der Waals surface area contributed by atoms with Gasteiger partial charge in [0.15, 0.2) is 0 Å². The standard InChI is InChI=1S/C6H9N3O/c1-3-5-6(10)7-4-9(2)8-5/h4H,3H2,1-2H3. The van der Waals surface area contributed by atoms with Crippen LogP contribution in [0.1, 0.15) is 12.6 Å². The van der Waals surface area contributed by atoms with E-state index in [9.17, 15) is 4.79 Å². The zero-order chi connectivity index (χ0) is 7.56. The van der Waals surface area contributed by atoms with E-state index in [4.69, 9.17) is 0 Å². The fourth-order valence-corrected chi connectivity index (χ4v) is 0.691. The number of aromatic nitrogens is 3. The van der Waals surface area contributed by atoms with Crippen LogP contribution in [0.15, 0.2) is 11.1 Å². The van der Waals surface area contributed by atoms with Gasteiger partial charge in [-0.2, -0.15) is 10.1 Å². The third-order valence-corrected chi connectivity index (χ3v) is 1.20.